The zero-order chi connectivity index (χ0) is 17.7. The zero-order valence-electron chi connectivity index (χ0n) is 15.0. The van der Waals surface area contributed by atoms with Crippen LogP contribution in [0.4, 0.5) is 11.9 Å². The molecule has 0 bridgehead atoms. The van der Waals surface area contributed by atoms with Gasteiger partial charge in [0.05, 0.1) is 6.04 Å². The molecule has 7 heteroatoms. The van der Waals surface area contributed by atoms with E-state index in [0.29, 0.717) is 18.4 Å². The van der Waals surface area contributed by atoms with Crippen LogP contribution in [0.15, 0.2) is 24.3 Å². The van der Waals surface area contributed by atoms with E-state index >= 15 is 0 Å². The fraction of sp³-hybridized carbons (Fsp3) is 0.471. The molecule has 0 aliphatic heterocycles. The number of anilines is 2. The van der Waals surface area contributed by atoms with Gasteiger partial charge in [0.15, 0.2) is 5.82 Å². The zero-order valence-corrected chi connectivity index (χ0v) is 15.0. The lowest BCUT2D eigenvalue weighted by atomic mass is 10.2. The van der Waals surface area contributed by atoms with Gasteiger partial charge in [0.25, 0.3) is 0 Å². The van der Waals surface area contributed by atoms with E-state index in [1.807, 2.05) is 57.2 Å². The van der Waals surface area contributed by atoms with Gasteiger partial charge in [-0.15, -0.1) is 0 Å². The number of benzene rings is 1. The van der Waals surface area contributed by atoms with Crippen LogP contribution in [0.1, 0.15) is 24.4 Å². The summed E-state index contributed by atoms with van der Waals surface area (Å²) in [7, 11) is 5.77. The molecule has 0 radical (unpaired) electrons. The monoisotopic (exact) mass is 330 g/mol. The average Bonchev–Trinajstić information content (AvgIpc) is 2.55. The molecule has 0 fully saturated rings. The Balaban J connectivity index is 1.94. The summed E-state index contributed by atoms with van der Waals surface area (Å²) in [5.41, 5.74) is 7.01. The van der Waals surface area contributed by atoms with Crippen LogP contribution in [0.2, 0.25) is 0 Å². The summed E-state index contributed by atoms with van der Waals surface area (Å²) in [5, 5.41) is 0. The van der Waals surface area contributed by atoms with Gasteiger partial charge in [0.1, 0.15) is 12.4 Å². The molecule has 1 atom stereocenters. The Hall–Kier alpha value is -2.41. The van der Waals surface area contributed by atoms with Gasteiger partial charge >= 0.3 is 0 Å². The van der Waals surface area contributed by atoms with Crippen molar-refractivity contribution in [2.75, 3.05) is 44.9 Å². The van der Waals surface area contributed by atoms with Crippen molar-refractivity contribution in [1.29, 1.82) is 0 Å². The molecule has 1 aromatic heterocycles. The van der Waals surface area contributed by atoms with Crippen LogP contribution in [-0.2, 0) is 0 Å². The first-order chi connectivity index (χ1) is 11.4. The standard InChI is InChI=1S/C17H26N6O/c1-12-6-8-14(9-7-12)24-11-10-23(5)13(2)15-19-16(18)21-17(20-15)22(3)4/h6-9,13H,10-11H2,1-5H3,(H2,18,19,20,21)/t13-/m1/s1. The summed E-state index contributed by atoms with van der Waals surface area (Å²) in [4.78, 5) is 16.8. The van der Waals surface area contributed by atoms with E-state index in [9.17, 15) is 0 Å². The number of nitrogen functional groups attached to an aromatic ring is 1. The number of hydrogen-bond acceptors (Lipinski definition) is 7. The predicted octanol–water partition coefficient (Wildman–Crippen LogP) is 1.90. The topological polar surface area (TPSA) is 80.4 Å². The van der Waals surface area contributed by atoms with E-state index in [0.717, 1.165) is 12.3 Å². The molecule has 1 heterocycles. The van der Waals surface area contributed by atoms with Crippen molar-refractivity contribution < 1.29 is 4.74 Å². The van der Waals surface area contributed by atoms with Gasteiger partial charge in [-0.25, -0.2) is 0 Å². The van der Waals surface area contributed by atoms with Gasteiger partial charge in [0.2, 0.25) is 11.9 Å². The quantitative estimate of drug-likeness (QED) is 0.830. The third kappa shape index (κ3) is 4.79. The van der Waals surface area contributed by atoms with Gasteiger partial charge in [-0.3, -0.25) is 4.90 Å². The highest BCUT2D eigenvalue weighted by molar-refractivity contribution is 5.33. The van der Waals surface area contributed by atoms with Crippen molar-refractivity contribution in [3.8, 4) is 5.75 Å². The summed E-state index contributed by atoms with van der Waals surface area (Å²) < 4.78 is 5.78. The Morgan fingerprint density at radius 3 is 2.38 bits per heavy atom. The van der Waals surface area contributed by atoms with Crippen LogP contribution in [0, 0.1) is 6.92 Å². The molecule has 0 amide bonds. The van der Waals surface area contributed by atoms with Crippen molar-refractivity contribution in [2.45, 2.75) is 19.9 Å². The molecule has 7 nitrogen and oxygen atoms in total. The number of ether oxygens (including phenoxy) is 1. The van der Waals surface area contributed by atoms with Crippen molar-refractivity contribution in [2.24, 2.45) is 0 Å². The smallest absolute Gasteiger partial charge is 0.229 e. The third-order valence-electron chi connectivity index (χ3n) is 3.83. The number of nitrogens with zero attached hydrogens (tertiary/aromatic N) is 5. The van der Waals surface area contributed by atoms with Gasteiger partial charge in [-0.2, -0.15) is 15.0 Å². The highest BCUT2D eigenvalue weighted by atomic mass is 16.5. The fourth-order valence-electron chi connectivity index (χ4n) is 2.12. The minimum atomic E-state index is 0.00983. The first-order valence-electron chi connectivity index (χ1n) is 7.95. The second-order valence-electron chi connectivity index (χ2n) is 6.06. The molecule has 2 rings (SSSR count). The molecule has 0 aliphatic carbocycles. The van der Waals surface area contributed by atoms with E-state index < -0.39 is 0 Å². The Bertz CT molecular complexity index is 659. The fourth-order valence-corrected chi connectivity index (χ4v) is 2.12. The van der Waals surface area contributed by atoms with Gasteiger partial charge < -0.3 is 15.4 Å². The molecule has 0 saturated heterocycles. The summed E-state index contributed by atoms with van der Waals surface area (Å²) in [6.45, 7) is 5.44. The molecule has 130 valence electrons. The summed E-state index contributed by atoms with van der Waals surface area (Å²) in [6.07, 6.45) is 0. The minimum Gasteiger partial charge on any atom is -0.492 e. The lowest BCUT2D eigenvalue weighted by molar-refractivity contribution is 0.196. The molecule has 1 aromatic carbocycles. The number of aryl methyl sites for hydroxylation is 1. The molecule has 24 heavy (non-hydrogen) atoms. The number of hydrogen-bond donors (Lipinski definition) is 1. The van der Waals surface area contributed by atoms with Gasteiger partial charge in [0, 0.05) is 20.6 Å². The molecule has 2 aromatic rings. The van der Waals surface area contributed by atoms with Crippen LogP contribution in [0.25, 0.3) is 0 Å². The maximum Gasteiger partial charge on any atom is 0.229 e. The van der Waals surface area contributed by atoms with Crippen molar-refractivity contribution in [1.82, 2.24) is 19.9 Å². The molecular formula is C17H26N6O. The highest BCUT2D eigenvalue weighted by Crippen LogP contribution is 2.18. The minimum absolute atomic E-state index is 0.00983. The molecule has 2 N–H and O–H groups in total. The first kappa shape index (κ1) is 17.9. The van der Waals surface area contributed by atoms with Crippen LogP contribution < -0.4 is 15.4 Å². The maximum absolute atomic E-state index is 5.79. The second kappa shape index (κ2) is 7.92. The Kier molecular flexibility index (Phi) is 5.92. The van der Waals surface area contributed by atoms with Crippen LogP contribution >= 0.6 is 0 Å². The largest absolute Gasteiger partial charge is 0.492 e. The Labute approximate surface area is 143 Å². The highest BCUT2D eigenvalue weighted by Gasteiger charge is 2.17. The number of rotatable bonds is 7. The maximum atomic E-state index is 5.79. The van der Waals surface area contributed by atoms with Crippen molar-refractivity contribution in [3.05, 3.63) is 35.7 Å². The third-order valence-corrected chi connectivity index (χ3v) is 3.83. The molecule has 0 spiro atoms. The lowest BCUT2D eigenvalue weighted by Crippen LogP contribution is -2.29. The van der Waals surface area contributed by atoms with Crippen LogP contribution in [0.5, 0.6) is 5.75 Å². The number of nitrogens with two attached hydrogens (primary N) is 1. The Morgan fingerprint density at radius 1 is 1.08 bits per heavy atom. The molecule has 0 aliphatic rings. The Morgan fingerprint density at radius 2 is 1.75 bits per heavy atom. The molecule has 0 saturated carbocycles. The summed E-state index contributed by atoms with van der Waals surface area (Å²) >= 11 is 0. The van der Waals surface area contributed by atoms with E-state index in [1.54, 1.807) is 0 Å². The molecular weight excluding hydrogens is 304 g/mol. The normalized spacial score (nSPS) is 12.2. The number of likely N-dealkylation sites (N-methyl/N-ethyl adjacent to an activating group) is 1. The lowest BCUT2D eigenvalue weighted by Gasteiger charge is -2.24. The van der Waals surface area contributed by atoms with E-state index in [4.69, 9.17) is 10.5 Å². The summed E-state index contributed by atoms with van der Waals surface area (Å²) in [6, 6.07) is 8.05. The predicted molar refractivity (Wildman–Crippen MR) is 96.3 cm³/mol. The van der Waals surface area contributed by atoms with Crippen molar-refractivity contribution in [3.63, 3.8) is 0 Å². The number of aromatic nitrogens is 3. The SMILES string of the molecule is Cc1ccc(OCCN(C)[C@H](C)c2nc(N)nc(N(C)C)n2)cc1. The average molecular weight is 330 g/mol. The summed E-state index contributed by atoms with van der Waals surface area (Å²) in [5.74, 6) is 2.33. The van der Waals surface area contributed by atoms with Crippen molar-refractivity contribution >= 4 is 11.9 Å². The van der Waals surface area contributed by atoms with Crippen LogP contribution in [0.3, 0.4) is 0 Å². The van der Waals surface area contributed by atoms with Gasteiger partial charge in [-0.1, -0.05) is 17.7 Å². The molecule has 0 unspecified atom stereocenters. The van der Waals surface area contributed by atoms with E-state index in [1.165, 1.54) is 5.56 Å². The first-order valence-corrected chi connectivity index (χ1v) is 7.95. The van der Waals surface area contributed by atoms with Crippen LogP contribution in [-0.4, -0.2) is 54.1 Å². The van der Waals surface area contributed by atoms with E-state index in [-0.39, 0.29) is 12.0 Å². The van der Waals surface area contributed by atoms with E-state index in [2.05, 4.69) is 26.8 Å². The second-order valence-corrected chi connectivity index (χ2v) is 6.06. The van der Waals surface area contributed by atoms with Gasteiger partial charge in [-0.05, 0) is 33.0 Å².